The monoisotopic (exact) mass is 228 g/mol. The highest BCUT2D eigenvalue weighted by molar-refractivity contribution is 6.33. The molecule has 0 aliphatic heterocycles. The van der Waals surface area contributed by atoms with Crippen LogP contribution in [0.2, 0.25) is 0 Å². The number of ether oxygens (including phenoxy) is 1. The van der Waals surface area contributed by atoms with Gasteiger partial charge in [0, 0.05) is 6.42 Å². The van der Waals surface area contributed by atoms with Crippen LogP contribution in [-0.2, 0) is 14.3 Å². The highest BCUT2D eigenvalue weighted by Crippen LogP contribution is 2.07. The van der Waals surface area contributed by atoms with Gasteiger partial charge in [0.25, 0.3) is 0 Å². The van der Waals surface area contributed by atoms with Gasteiger partial charge in [0.2, 0.25) is 5.78 Å². The zero-order valence-corrected chi connectivity index (χ0v) is 10.6. The molecule has 0 unspecified atom stereocenters. The van der Waals surface area contributed by atoms with Crippen LogP contribution in [0.15, 0.2) is 0 Å². The molecule has 0 heterocycles. The second kappa shape index (κ2) is 10.7. The molecule has 0 radical (unpaired) electrons. The lowest BCUT2D eigenvalue weighted by molar-refractivity contribution is -0.153. The molecule has 0 fully saturated rings. The van der Waals surface area contributed by atoms with Crippen molar-refractivity contribution in [2.75, 3.05) is 6.61 Å². The number of hydrogen-bond acceptors (Lipinski definition) is 3. The summed E-state index contributed by atoms with van der Waals surface area (Å²) >= 11 is 0. The number of hydrogen-bond donors (Lipinski definition) is 0. The van der Waals surface area contributed by atoms with Crippen LogP contribution < -0.4 is 0 Å². The highest BCUT2D eigenvalue weighted by Gasteiger charge is 2.13. The summed E-state index contributed by atoms with van der Waals surface area (Å²) in [6.07, 6.45) is 7.81. The predicted octanol–water partition coefficient (Wildman–Crippen LogP) is 3.26. The molecule has 0 rings (SSSR count). The zero-order chi connectivity index (χ0) is 12.2. The Morgan fingerprint density at radius 1 is 0.875 bits per heavy atom. The first-order chi connectivity index (χ1) is 7.72. The SMILES string of the molecule is CCCCCCCCC(=O)C(=O)OCCC. The van der Waals surface area contributed by atoms with Gasteiger partial charge in [-0.2, -0.15) is 0 Å². The van der Waals surface area contributed by atoms with Crippen molar-refractivity contribution in [1.29, 1.82) is 0 Å². The highest BCUT2D eigenvalue weighted by atomic mass is 16.5. The number of rotatable bonds is 10. The maximum Gasteiger partial charge on any atom is 0.374 e. The Balaban J connectivity index is 3.39. The smallest absolute Gasteiger partial charge is 0.374 e. The zero-order valence-electron chi connectivity index (χ0n) is 10.6. The summed E-state index contributed by atoms with van der Waals surface area (Å²) in [7, 11) is 0. The summed E-state index contributed by atoms with van der Waals surface area (Å²) in [5.74, 6) is -1.03. The Hall–Kier alpha value is -0.860. The molecule has 0 saturated heterocycles. The Morgan fingerprint density at radius 3 is 2.12 bits per heavy atom. The third-order valence-corrected chi connectivity index (χ3v) is 2.42. The molecule has 0 bridgehead atoms. The van der Waals surface area contributed by atoms with Crippen LogP contribution >= 0.6 is 0 Å². The van der Waals surface area contributed by atoms with Crippen LogP contribution in [0.3, 0.4) is 0 Å². The minimum atomic E-state index is -0.657. The first-order valence-electron chi connectivity index (χ1n) is 6.42. The summed E-state index contributed by atoms with van der Waals surface area (Å²) in [6, 6.07) is 0. The molecule has 3 nitrogen and oxygen atoms in total. The summed E-state index contributed by atoms with van der Waals surface area (Å²) in [5, 5.41) is 0. The van der Waals surface area contributed by atoms with E-state index in [0.717, 1.165) is 25.7 Å². The maximum atomic E-state index is 11.3. The van der Waals surface area contributed by atoms with Gasteiger partial charge in [-0.15, -0.1) is 0 Å². The van der Waals surface area contributed by atoms with Crippen molar-refractivity contribution in [1.82, 2.24) is 0 Å². The second-order valence-corrected chi connectivity index (χ2v) is 4.08. The van der Waals surface area contributed by atoms with Gasteiger partial charge in [0.15, 0.2) is 0 Å². The Morgan fingerprint density at radius 2 is 1.50 bits per heavy atom. The van der Waals surface area contributed by atoms with Crippen molar-refractivity contribution in [3.63, 3.8) is 0 Å². The quantitative estimate of drug-likeness (QED) is 0.327. The summed E-state index contributed by atoms with van der Waals surface area (Å²) < 4.78 is 4.76. The number of carbonyl (C=O) groups is 2. The molecule has 0 aliphatic rings. The Bertz CT molecular complexity index is 199. The molecule has 3 heteroatoms. The van der Waals surface area contributed by atoms with Gasteiger partial charge in [-0.25, -0.2) is 4.79 Å². The van der Waals surface area contributed by atoms with E-state index in [2.05, 4.69) is 6.92 Å². The first-order valence-corrected chi connectivity index (χ1v) is 6.42. The van der Waals surface area contributed by atoms with Crippen LogP contribution in [0.25, 0.3) is 0 Å². The molecule has 0 aliphatic carbocycles. The molecule has 0 atom stereocenters. The topological polar surface area (TPSA) is 43.4 Å². The van der Waals surface area contributed by atoms with Gasteiger partial charge in [-0.1, -0.05) is 46.0 Å². The van der Waals surface area contributed by atoms with Crippen molar-refractivity contribution in [3.8, 4) is 0 Å². The number of ketones is 1. The van der Waals surface area contributed by atoms with E-state index in [-0.39, 0.29) is 5.78 Å². The Kier molecular flexibility index (Phi) is 10.1. The average Bonchev–Trinajstić information content (AvgIpc) is 2.30. The van der Waals surface area contributed by atoms with Crippen molar-refractivity contribution < 1.29 is 14.3 Å². The average molecular weight is 228 g/mol. The Labute approximate surface area is 98.6 Å². The summed E-state index contributed by atoms with van der Waals surface area (Å²) in [6.45, 7) is 4.43. The second-order valence-electron chi connectivity index (χ2n) is 4.08. The fraction of sp³-hybridized carbons (Fsp3) is 0.846. The first kappa shape index (κ1) is 15.1. The maximum absolute atomic E-state index is 11.3. The van der Waals surface area contributed by atoms with E-state index in [1.165, 1.54) is 19.3 Å². The van der Waals surface area contributed by atoms with E-state index in [1.807, 2.05) is 6.92 Å². The van der Waals surface area contributed by atoms with Crippen molar-refractivity contribution in [3.05, 3.63) is 0 Å². The van der Waals surface area contributed by atoms with Crippen LogP contribution in [0.1, 0.15) is 65.2 Å². The molecule has 0 aromatic carbocycles. The molecule has 0 aromatic rings. The molecule has 0 aromatic heterocycles. The van der Waals surface area contributed by atoms with Crippen LogP contribution in [0.5, 0.6) is 0 Å². The van der Waals surface area contributed by atoms with E-state index < -0.39 is 5.97 Å². The third-order valence-electron chi connectivity index (χ3n) is 2.42. The van der Waals surface area contributed by atoms with Crippen molar-refractivity contribution in [2.45, 2.75) is 65.2 Å². The van der Waals surface area contributed by atoms with Gasteiger partial charge in [0.1, 0.15) is 0 Å². The van der Waals surface area contributed by atoms with E-state index in [4.69, 9.17) is 4.74 Å². The van der Waals surface area contributed by atoms with Gasteiger partial charge >= 0.3 is 5.97 Å². The molecule has 0 saturated carbocycles. The molecule has 0 spiro atoms. The van der Waals surface area contributed by atoms with Crippen LogP contribution in [-0.4, -0.2) is 18.4 Å². The molecular formula is C13H24O3. The minimum Gasteiger partial charge on any atom is -0.460 e. The number of Topliss-reactive ketones (excluding diaryl/α,β-unsaturated/α-hetero) is 1. The summed E-state index contributed by atoms with van der Waals surface area (Å²) in [4.78, 5) is 22.4. The van der Waals surface area contributed by atoms with Gasteiger partial charge < -0.3 is 4.74 Å². The standard InChI is InChI=1S/C13H24O3/c1-3-5-6-7-8-9-10-12(14)13(15)16-11-4-2/h3-11H2,1-2H3. The summed E-state index contributed by atoms with van der Waals surface area (Å²) in [5.41, 5.74) is 0. The van der Waals surface area contributed by atoms with Crippen LogP contribution in [0, 0.1) is 0 Å². The predicted molar refractivity (Wildman–Crippen MR) is 64.3 cm³/mol. The van der Waals surface area contributed by atoms with E-state index in [1.54, 1.807) is 0 Å². The van der Waals surface area contributed by atoms with Gasteiger partial charge in [0.05, 0.1) is 6.61 Å². The lowest BCUT2D eigenvalue weighted by atomic mass is 10.1. The normalized spacial score (nSPS) is 10.1. The number of carbonyl (C=O) groups excluding carboxylic acids is 2. The molecule has 16 heavy (non-hydrogen) atoms. The third kappa shape index (κ3) is 8.45. The molecule has 0 N–H and O–H groups in total. The molecule has 94 valence electrons. The number of esters is 1. The fourth-order valence-electron chi connectivity index (χ4n) is 1.44. The number of unbranched alkanes of at least 4 members (excludes halogenated alkanes) is 5. The largest absolute Gasteiger partial charge is 0.460 e. The van der Waals surface area contributed by atoms with Crippen molar-refractivity contribution in [2.24, 2.45) is 0 Å². The van der Waals surface area contributed by atoms with Crippen LogP contribution in [0.4, 0.5) is 0 Å². The van der Waals surface area contributed by atoms with Gasteiger partial charge in [-0.05, 0) is 12.8 Å². The minimum absolute atomic E-state index is 0.342. The fourth-order valence-corrected chi connectivity index (χ4v) is 1.44. The van der Waals surface area contributed by atoms with E-state index >= 15 is 0 Å². The lowest BCUT2D eigenvalue weighted by Crippen LogP contribution is -2.17. The van der Waals surface area contributed by atoms with Gasteiger partial charge in [-0.3, -0.25) is 4.79 Å². The molecule has 0 amide bonds. The molecular weight excluding hydrogens is 204 g/mol. The van der Waals surface area contributed by atoms with Crippen molar-refractivity contribution >= 4 is 11.8 Å². The lowest BCUT2D eigenvalue weighted by Gasteiger charge is -2.02. The van der Waals surface area contributed by atoms with E-state index in [9.17, 15) is 9.59 Å². The van der Waals surface area contributed by atoms with E-state index in [0.29, 0.717) is 13.0 Å².